The number of hydrogen-bond donors (Lipinski definition) is 2. The number of nitrogens with zero attached hydrogens (tertiary/aromatic N) is 1. The third-order valence-electron chi connectivity index (χ3n) is 2.91. The average molecular weight is 301 g/mol. The number of aryl methyl sites for hydroxylation is 1. The summed E-state index contributed by atoms with van der Waals surface area (Å²) in [7, 11) is 0. The number of alkyl halides is 3. The Morgan fingerprint density at radius 2 is 1.71 bits per heavy atom. The van der Waals surface area contributed by atoms with Crippen LogP contribution >= 0.6 is 0 Å². The molecule has 1 atom stereocenters. The molecular formula is C14H11F4NO2. The molecule has 0 aliphatic heterocycles. The van der Waals surface area contributed by atoms with E-state index in [2.05, 4.69) is 4.98 Å². The summed E-state index contributed by atoms with van der Waals surface area (Å²) in [6, 6.07) is 5.71. The molecule has 0 amide bonds. The van der Waals surface area contributed by atoms with Crippen molar-refractivity contribution in [2.24, 2.45) is 0 Å². The summed E-state index contributed by atoms with van der Waals surface area (Å²) in [5.41, 5.74) is -0.402. The van der Waals surface area contributed by atoms with Crippen molar-refractivity contribution in [1.29, 1.82) is 0 Å². The first-order chi connectivity index (χ1) is 9.70. The fourth-order valence-corrected chi connectivity index (χ4v) is 1.81. The lowest BCUT2D eigenvalue weighted by Crippen LogP contribution is -2.21. The van der Waals surface area contributed by atoms with Gasteiger partial charge in [0.25, 0.3) is 0 Å². The van der Waals surface area contributed by atoms with Crippen LogP contribution < -0.4 is 0 Å². The van der Waals surface area contributed by atoms with Crippen LogP contribution in [0.2, 0.25) is 0 Å². The van der Waals surface area contributed by atoms with Crippen molar-refractivity contribution in [2.75, 3.05) is 0 Å². The van der Waals surface area contributed by atoms with Crippen molar-refractivity contribution in [3.63, 3.8) is 0 Å². The van der Waals surface area contributed by atoms with E-state index in [4.69, 9.17) is 0 Å². The van der Waals surface area contributed by atoms with Gasteiger partial charge in [-0.05, 0) is 42.8 Å². The van der Waals surface area contributed by atoms with Gasteiger partial charge in [0.05, 0.1) is 5.69 Å². The number of rotatable bonds is 2. The lowest BCUT2D eigenvalue weighted by Gasteiger charge is -2.16. The van der Waals surface area contributed by atoms with E-state index in [1.54, 1.807) is 0 Å². The molecule has 7 heteroatoms. The van der Waals surface area contributed by atoms with Gasteiger partial charge in [-0.15, -0.1) is 0 Å². The summed E-state index contributed by atoms with van der Waals surface area (Å²) in [6.07, 6.45) is -7.62. The van der Waals surface area contributed by atoms with Crippen LogP contribution in [0.25, 0.3) is 11.3 Å². The van der Waals surface area contributed by atoms with Crippen molar-refractivity contribution in [2.45, 2.75) is 19.2 Å². The minimum Gasteiger partial charge on any atom is -0.505 e. The van der Waals surface area contributed by atoms with Crippen molar-refractivity contribution in [3.8, 4) is 17.0 Å². The molecule has 0 fully saturated rings. The van der Waals surface area contributed by atoms with Gasteiger partial charge in [-0.1, -0.05) is 0 Å². The highest BCUT2D eigenvalue weighted by Gasteiger charge is 2.40. The zero-order chi connectivity index (χ0) is 15.8. The van der Waals surface area contributed by atoms with E-state index in [0.717, 1.165) is 18.2 Å². The molecule has 1 aromatic heterocycles. The van der Waals surface area contributed by atoms with Crippen molar-refractivity contribution >= 4 is 0 Å². The molecule has 1 unspecified atom stereocenters. The Balaban J connectivity index is 2.56. The van der Waals surface area contributed by atoms with Crippen LogP contribution in [0.15, 0.2) is 30.3 Å². The van der Waals surface area contributed by atoms with E-state index in [9.17, 15) is 27.8 Å². The number of aliphatic hydroxyl groups excluding tert-OH is 1. The molecule has 0 spiro atoms. The van der Waals surface area contributed by atoms with Gasteiger partial charge in [0, 0.05) is 5.56 Å². The maximum absolute atomic E-state index is 12.9. The predicted octanol–water partition coefficient (Wildman–Crippen LogP) is 3.50. The van der Waals surface area contributed by atoms with Crippen molar-refractivity contribution in [3.05, 3.63) is 47.4 Å². The Hall–Kier alpha value is -2.15. The van der Waals surface area contributed by atoms with Gasteiger partial charge in [0.15, 0.2) is 6.10 Å². The van der Waals surface area contributed by atoms with Gasteiger partial charge >= 0.3 is 6.18 Å². The molecule has 112 valence electrons. The molecule has 0 aliphatic carbocycles. The Bertz CT molecular complexity index is 653. The van der Waals surface area contributed by atoms with Crippen molar-refractivity contribution in [1.82, 2.24) is 4.98 Å². The highest BCUT2D eigenvalue weighted by atomic mass is 19.4. The number of pyridine rings is 1. The van der Waals surface area contributed by atoms with Crippen LogP contribution in [0, 0.1) is 12.7 Å². The summed E-state index contributed by atoms with van der Waals surface area (Å²) in [5.74, 6) is -0.846. The van der Waals surface area contributed by atoms with E-state index in [-0.39, 0.29) is 22.6 Å². The van der Waals surface area contributed by atoms with Gasteiger partial charge in [0.2, 0.25) is 0 Å². The largest absolute Gasteiger partial charge is 0.505 e. The van der Waals surface area contributed by atoms with E-state index in [1.165, 1.54) is 19.1 Å². The second kappa shape index (κ2) is 5.33. The third kappa shape index (κ3) is 3.13. The molecule has 0 saturated heterocycles. The highest BCUT2D eigenvalue weighted by molar-refractivity contribution is 5.67. The fourth-order valence-electron chi connectivity index (χ4n) is 1.81. The second-order valence-corrected chi connectivity index (χ2v) is 4.51. The first-order valence-corrected chi connectivity index (χ1v) is 5.91. The fraction of sp³-hybridized carbons (Fsp3) is 0.214. The zero-order valence-electron chi connectivity index (χ0n) is 10.8. The number of aliphatic hydroxyl groups is 1. The molecule has 0 bridgehead atoms. The second-order valence-electron chi connectivity index (χ2n) is 4.51. The summed E-state index contributed by atoms with van der Waals surface area (Å²) in [6.45, 7) is 1.39. The molecule has 1 aromatic carbocycles. The van der Waals surface area contributed by atoms with Crippen LogP contribution in [0.4, 0.5) is 17.6 Å². The molecule has 0 aliphatic rings. The third-order valence-corrected chi connectivity index (χ3v) is 2.91. The van der Waals surface area contributed by atoms with Crippen LogP contribution in [0.5, 0.6) is 5.75 Å². The van der Waals surface area contributed by atoms with Gasteiger partial charge in [-0.2, -0.15) is 13.2 Å². The van der Waals surface area contributed by atoms with Gasteiger partial charge in [-0.3, -0.25) is 0 Å². The topological polar surface area (TPSA) is 53.4 Å². The number of benzene rings is 1. The molecule has 3 nitrogen and oxygen atoms in total. The lowest BCUT2D eigenvalue weighted by molar-refractivity contribution is -0.207. The highest BCUT2D eigenvalue weighted by Crippen LogP contribution is 2.36. The quantitative estimate of drug-likeness (QED) is 0.835. The van der Waals surface area contributed by atoms with Gasteiger partial charge in [-0.25, -0.2) is 9.37 Å². The predicted molar refractivity (Wildman–Crippen MR) is 67.0 cm³/mol. The van der Waals surface area contributed by atoms with E-state index in [1.807, 2.05) is 0 Å². The standard InChI is InChI=1S/C14H11F4NO2/c1-7-6-10(13(21)14(16,17)18)19-11(12(7)20)8-2-4-9(15)5-3-8/h2-6,13,20-21H,1H3. The zero-order valence-corrected chi connectivity index (χ0v) is 10.8. The first kappa shape index (κ1) is 15.2. The average Bonchev–Trinajstić information content (AvgIpc) is 2.41. The molecule has 0 radical (unpaired) electrons. The Morgan fingerprint density at radius 1 is 1.14 bits per heavy atom. The molecule has 1 heterocycles. The Morgan fingerprint density at radius 3 is 2.24 bits per heavy atom. The Kier molecular flexibility index (Phi) is 3.87. The number of halogens is 4. The molecule has 21 heavy (non-hydrogen) atoms. The molecule has 2 N–H and O–H groups in total. The number of hydrogen-bond acceptors (Lipinski definition) is 3. The van der Waals surface area contributed by atoms with Gasteiger partial charge in [0.1, 0.15) is 17.3 Å². The monoisotopic (exact) mass is 301 g/mol. The summed E-state index contributed by atoms with van der Waals surface area (Å²) >= 11 is 0. The molecule has 2 aromatic rings. The lowest BCUT2D eigenvalue weighted by atomic mass is 10.1. The summed E-state index contributed by atoms with van der Waals surface area (Å²) < 4.78 is 50.5. The van der Waals surface area contributed by atoms with E-state index in [0.29, 0.717) is 0 Å². The number of aromatic hydroxyl groups is 1. The first-order valence-electron chi connectivity index (χ1n) is 5.91. The molecule has 2 rings (SSSR count). The summed E-state index contributed by atoms with van der Waals surface area (Å²) in [4.78, 5) is 3.66. The maximum atomic E-state index is 12.9. The van der Waals surface area contributed by atoms with Crippen molar-refractivity contribution < 1.29 is 27.8 Å². The van der Waals surface area contributed by atoms with Crippen LogP contribution in [0.3, 0.4) is 0 Å². The molecular weight excluding hydrogens is 290 g/mol. The van der Waals surface area contributed by atoms with E-state index < -0.39 is 23.8 Å². The number of aromatic nitrogens is 1. The molecule has 0 saturated carbocycles. The van der Waals surface area contributed by atoms with Crippen LogP contribution in [0.1, 0.15) is 17.4 Å². The Labute approximate surface area is 117 Å². The van der Waals surface area contributed by atoms with E-state index >= 15 is 0 Å². The summed E-state index contributed by atoms with van der Waals surface area (Å²) in [5, 5.41) is 19.2. The SMILES string of the molecule is Cc1cc(C(O)C(F)(F)F)nc(-c2ccc(F)cc2)c1O. The van der Waals surface area contributed by atoms with Crippen LogP contribution in [-0.2, 0) is 0 Å². The smallest absolute Gasteiger partial charge is 0.420 e. The minimum atomic E-state index is -4.86. The maximum Gasteiger partial charge on any atom is 0.420 e. The normalized spacial score (nSPS) is 13.2. The minimum absolute atomic E-state index is 0.127. The van der Waals surface area contributed by atoms with Gasteiger partial charge < -0.3 is 10.2 Å². The van der Waals surface area contributed by atoms with Crippen LogP contribution in [-0.4, -0.2) is 21.4 Å².